The zero-order valence-electron chi connectivity index (χ0n) is 17.0. The summed E-state index contributed by atoms with van der Waals surface area (Å²) < 4.78 is 0.797. The second-order valence-corrected chi connectivity index (χ2v) is 12.1. The Morgan fingerprint density at radius 2 is 1.71 bits per heavy atom. The molecule has 1 N–H and O–H groups in total. The number of carbonyl (C=O) groups is 3. The van der Waals surface area contributed by atoms with Crippen LogP contribution in [0.3, 0.4) is 0 Å². The molecule has 0 unspecified atom stereocenters. The van der Waals surface area contributed by atoms with Crippen LogP contribution in [0.5, 0.6) is 0 Å². The molecule has 3 amide bonds. The lowest BCUT2D eigenvalue weighted by atomic mass is 9.81. The van der Waals surface area contributed by atoms with Gasteiger partial charge in [-0.05, 0) is 71.6 Å². The number of likely N-dealkylation sites (tertiary alicyclic amines) is 1. The van der Waals surface area contributed by atoms with Crippen molar-refractivity contribution in [2.45, 2.75) is 48.7 Å². The molecule has 1 aliphatic heterocycles. The van der Waals surface area contributed by atoms with Crippen LogP contribution in [0.4, 0.5) is 5.69 Å². The first kappa shape index (κ1) is 23.7. The third-order valence-corrected chi connectivity index (χ3v) is 11.3. The smallest absolute Gasteiger partial charge is 0.233 e. The van der Waals surface area contributed by atoms with Crippen molar-refractivity contribution in [3.05, 3.63) is 27.2 Å². The number of fused-ring (bicyclic) bond motifs is 5. The first-order valence-corrected chi connectivity index (χ1v) is 13.6. The van der Waals surface area contributed by atoms with Crippen LogP contribution in [0.15, 0.2) is 16.6 Å². The molecule has 0 aromatic heterocycles. The minimum Gasteiger partial charge on any atom is -0.326 e. The average molecular weight is 640 g/mol. The molecular formula is C22H24Br3ClN2O3. The molecule has 3 fully saturated rings. The first-order chi connectivity index (χ1) is 14.7. The van der Waals surface area contributed by atoms with Gasteiger partial charge in [0.1, 0.15) is 0 Å². The van der Waals surface area contributed by atoms with Crippen LogP contribution in [-0.2, 0) is 14.4 Å². The maximum atomic E-state index is 12.9. The summed E-state index contributed by atoms with van der Waals surface area (Å²) >= 11 is 16.9. The predicted octanol–water partition coefficient (Wildman–Crippen LogP) is 5.69. The number of amides is 3. The number of anilines is 1. The topological polar surface area (TPSA) is 66.5 Å². The van der Waals surface area contributed by atoms with E-state index >= 15 is 0 Å². The number of hydrogen-bond donors (Lipinski definition) is 1. The Labute approximate surface area is 212 Å². The van der Waals surface area contributed by atoms with Gasteiger partial charge in [-0.25, -0.2) is 0 Å². The van der Waals surface area contributed by atoms with E-state index in [1.165, 1.54) is 4.90 Å². The number of halogens is 4. The lowest BCUT2D eigenvalue weighted by Crippen LogP contribution is -2.37. The molecule has 2 saturated carbocycles. The Morgan fingerprint density at radius 1 is 1.10 bits per heavy atom. The van der Waals surface area contributed by atoms with Crippen molar-refractivity contribution < 1.29 is 14.4 Å². The van der Waals surface area contributed by atoms with Crippen molar-refractivity contribution in [3.63, 3.8) is 0 Å². The highest BCUT2D eigenvalue weighted by atomic mass is 79.9. The van der Waals surface area contributed by atoms with Crippen molar-refractivity contribution in [1.82, 2.24) is 4.90 Å². The van der Waals surface area contributed by atoms with Crippen molar-refractivity contribution in [2.75, 3.05) is 11.9 Å². The van der Waals surface area contributed by atoms with Crippen LogP contribution in [0.1, 0.15) is 37.7 Å². The third-order valence-electron chi connectivity index (χ3n) is 6.91. The lowest BCUT2D eigenvalue weighted by molar-refractivity contribution is -0.140. The lowest BCUT2D eigenvalue weighted by Gasteiger charge is -2.28. The third kappa shape index (κ3) is 4.38. The van der Waals surface area contributed by atoms with Gasteiger partial charge in [-0.15, -0.1) is 0 Å². The molecule has 31 heavy (non-hydrogen) atoms. The number of carbonyl (C=O) groups excluding carboxylic acids is 3. The molecule has 0 radical (unpaired) electrons. The molecule has 3 aliphatic rings. The van der Waals surface area contributed by atoms with Gasteiger partial charge >= 0.3 is 0 Å². The molecule has 2 bridgehead atoms. The van der Waals surface area contributed by atoms with Gasteiger partial charge in [-0.1, -0.05) is 49.9 Å². The summed E-state index contributed by atoms with van der Waals surface area (Å²) in [4.78, 5) is 40.0. The maximum Gasteiger partial charge on any atom is 0.233 e. The van der Waals surface area contributed by atoms with Crippen molar-refractivity contribution >= 4 is 82.8 Å². The Hall–Kier alpha value is -0.440. The van der Waals surface area contributed by atoms with E-state index in [4.69, 9.17) is 11.6 Å². The van der Waals surface area contributed by atoms with Gasteiger partial charge in [0, 0.05) is 32.8 Å². The monoisotopic (exact) mass is 636 g/mol. The molecule has 168 valence electrons. The molecule has 1 saturated heterocycles. The van der Waals surface area contributed by atoms with E-state index < -0.39 is 0 Å². The van der Waals surface area contributed by atoms with Crippen molar-refractivity contribution in [1.29, 1.82) is 0 Å². The highest BCUT2D eigenvalue weighted by molar-refractivity contribution is 9.12. The minimum atomic E-state index is -0.151. The van der Waals surface area contributed by atoms with Gasteiger partial charge in [0.25, 0.3) is 0 Å². The standard InChI is InChI=1S/C22H24Br3ClN2O3/c1-10-7-13(23)14(26)9-15(10)27-16(29)5-3-2-4-6-28-21(30)17-11-8-12(18(17)22(28)31)20(25)19(11)24/h7,9,11-12,17-20H,2-6,8H2,1H3,(H,27,29)/t11-,12-,17-,18+,19+,20+/m1/s1. The summed E-state index contributed by atoms with van der Waals surface area (Å²) in [6.07, 6.45) is 3.55. The zero-order valence-corrected chi connectivity index (χ0v) is 22.6. The van der Waals surface area contributed by atoms with Crippen molar-refractivity contribution in [2.24, 2.45) is 23.7 Å². The number of hydrogen-bond acceptors (Lipinski definition) is 3. The van der Waals surface area contributed by atoms with Crippen LogP contribution in [-0.4, -0.2) is 38.8 Å². The van der Waals surface area contributed by atoms with E-state index in [0.717, 1.165) is 29.3 Å². The van der Waals surface area contributed by atoms with Gasteiger partial charge in [-0.3, -0.25) is 19.3 Å². The fourth-order valence-electron chi connectivity index (χ4n) is 5.36. The largest absolute Gasteiger partial charge is 0.326 e. The quantitative estimate of drug-likeness (QED) is 0.237. The maximum absolute atomic E-state index is 12.9. The van der Waals surface area contributed by atoms with Gasteiger partial charge in [-0.2, -0.15) is 0 Å². The molecule has 4 rings (SSSR count). The molecular weight excluding hydrogens is 615 g/mol. The van der Waals surface area contributed by atoms with Gasteiger partial charge < -0.3 is 5.32 Å². The Morgan fingerprint density at radius 3 is 2.32 bits per heavy atom. The summed E-state index contributed by atoms with van der Waals surface area (Å²) in [6, 6.07) is 3.61. The summed E-state index contributed by atoms with van der Waals surface area (Å²) in [6.45, 7) is 2.37. The predicted molar refractivity (Wildman–Crippen MR) is 132 cm³/mol. The van der Waals surface area contributed by atoms with Crippen LogP contribution in [0.2, 0.25) is 5.02 Å². The zero-order chi connectivity index (χ0) is 22.4. The Bertz CT molecular complexity index is 896. The van der Waals surface area contributed by atoms with Crippen LogP contribution in [0, 0.1) is 30.6 Å². The summed E-state index contributed by atoms with van der Waals surface area (Å²) in [5, 5.41) is 3.46. The second-order valence-electron chi connectivity index (χ2n) is 8.77. The molecule has 5 nitrogen and oxygen atoms in total. The summed E-state index contributed by atoms with van der Waals surface area (Å²) in [5.74, 6) is 0.149. The molecule has 1 heterocycles. The first-order valence-electron chi connectivity index (χ1n) is 10.6. The number of nitrogens with zero attached hydrogens (tertiary/aromatic N) is 1. The number of nitrogens with one attached hydrogen (secondary N) is 1. The highest BCUT2D eigenvalue weighted by Gasteiger charge is 2.66. The van der Waals surface area contributed by atoms with E-state index in [1.54, 1.807) is 6.07 Å². The van der Waals surface area contributed by atoms with Gasteiger partial charge in [0.05, 0.1) is 16.9 Å². The molecule has 9 heteroatoms. The van der Waals surface area contributed by atoms with E-state index in [1.807, 2.05) is 13.0 Å². The fourth-order valence-corrected chi connectivity index (χ4v) is 7.85. The molecule has 6 atom stereocenters. The molecule has 1 aromatic carbocycles. The second kappa shape index (κ2) is 9.43. The Kier molecular flexibility index (Phi) is 7.21. The Balaban J connectivity index is 1.22. The minimum absolute atomic E-state index is 0.00619. The summed E-state index contributed by atoms with van der Waals surface area (Å²) in [7, 11) is 0. The molecule has 1 aromatic rings. The van der Waals surface area contributed by atoms with E-state index in [9.17, 15) is 14.4 Å². The van der Waals surface area contributed by atoms with E-state index in [0.29, 0.717) is 30.1 Å². The van der Waals surface area contributed by atoms with Gasteiger partial charge in [0.2, 0.25) is 17.7 Å². The number of imide groups is 1. The average Bonchev–Trinajstić information content (AvgIpc) is 3.32. The number of rotatable bonds is 7. The van der Waals surface area contributed by atoms with Crippen LogP contribution in [0.25, 0.3) is 0 Å². The number of aryl methyl sites for hydroxylation is 1. The highest BCUT2D eigenvalue weighted by Crippen LogP contribution is 2.60. The number of benzene rings is 1. The van der Waals surface area contributed by atoms with Gasteiger partial charge in [0.15, 0.2) is 0 Å². The van der Waals surface area contributed by atoms with E-state index in [-0.39, 0.29) is 51.0 Å². The SMILES string of the molecule is Cc1cc(Br)c(Cl)cc1NC(=O)CCCCCN1C(=O)[C@@H]2[C@H]3C[C@@H]([C@H](Br)[C@H]3Br)[C@@H]2C1=O. The number of unbranched alkanes of at least 4 members (excludes halogenated alkanes) is 2. The number of alkyl halides is 2. The van der Waals surface area contributed by atoms with Crippen LogP contribution < -0.4 is 5.32 Å². The molecule has 0 spiro atoms. The van der Waals surface area contributed by atoms with Crippen LogP contribution >= 0.6 is 59.4 Å². The summed E-state index contributed by atoms with van der Waals surface area (Å²) in [5.41, 5.74) is 1.65. The fraction of sp³-hybridized carbons (Fsp3) is 0.591. The molecule has 2 aliphatic carbocycles. The normalized spacial score (nSPS) is 31.5. The van der Waals surface area contributed by atoms with E-state index in [2.05, 4.69) is 53.1 Å². The van der Waals surface area contributed by atoms with Crippen molar-refractivity contribution in [3.8, 4) is 0 Å².